The Hall–Kier alpha value is -1.85. The first kappa shape index (κ1) is 12.2. The van der Waals surface area contributed by atoms with Crippen molar-refractivity contribution in [1.82, 2.24) is 14.8 Å². The second kappa shape index (κ2) is 4.36. The molecule has 0 saturated carbocycles. The molecule has 1 aliphatic rings. The van der Waals surface area contributed by atoms with Crippen LogP contribution in [0.4, 0.5) is 13.2 Å². The van der Waals surface area contributed by atoms with E-state index in [1.165, 1.54) is 16.9 Å². The van der Waals surface area contributed by atoms with Gasteiger partial charge in [-0.1, -0.05) is 0 Å². The minimum atomic E-state index is -4.43. The van der Waals surface area contributed by atoms with Crippen LogP contribution in [0.25, 0.3) is 5.69 Å². The maximum atomic E-state index is 12.6. The molecule has 0 N–H and O–H groups in total. The summed E-state index contributed by atoms with van der Waals surface area (Å²) in [5.74, 6) is 0. The number of alkyl halides is 3. The molecule has 0 amide bonds. The smallest absolute Gasteiger partial charge is 0.252 e. The zero-order valence-electron chi connectivity index (χ0n) is 10.1. The molecular weight excluding hydrogens is 255 g/mol. The van der Waals surface area contributed by atoms with Gasteiger partial charge in [0.25, 0.3) is 0 Å². The summed E-state index contributed by atoms with van der Waals surface area (Å²) in [5.41, 5.74) is 1.64. The third-order valence-electron chi connectivity index (χ3n) is 3.29. The van der Waals surface area contributed by atoms with Gasteiger partial charge in [0, 0.05) is 12.4 Å². The number of rotatable bonds is 1. The molecule has 0 bridgehead atoms. The lowest BCUT2D eigenvalue weighted by molar-refractivity contribution is -0.141. The fourth-order valence-electron chi connectivity index (χ4n) is 2.32. The van der Waals surface area contributed by atoms with E-state index in [0.717, 1.165) is 43.0 Å². The van der Waals surface area contributed by atoms with Crippen LogP contribution >= 0.6 is 0 Å². The molecule has 0 radical (unpaired) electrons. The first-order valence-corrected chi connectivity index (χ1v) is 6.15. The van der Waals surface area contributed by atoms with Crippen molar-refractivity contribution in [2.24, 2.45) is 0 Å². The average Bonchev–Trinajstić information content (AvgIpc) is 2.81. The number of fused-ring (bicyclic) bond motifs is 1. The van der Waals surface area contributed by atoms with E-state index in [0.29, 0.717) is 5.69 Å². The van der Waals surface area contributed by atoms with Crippen LogP contribution in [0.3, 0.4) is 0 Å². The normalized spacial score (nSPS) is 15.3. The topological polar surface area (TPSA) is 30.7 Å². The Morgan fingerprint density at radius 3 is 2.68 bits per heavy atom. The van der Waals surface area contributed by atoms with Crippen LogP contribution < -0.4 is 0 Å². The monoisotopic (exact) mass is 267 g/mol. The molecule has 3 rings (SSSR count). The van der Waals surface area contributed by atoms with Crippen molar-refractivity contribution >= 4 is 0 Å². The van der Waals surface area contributed by atoms with Gasteiger partial charge in [0.1, 0.15) is 5.69 Å². The molecule has 19 heavy (non-hydrogen) atoms. The minimum absolute atomic E-state index is 0.400. The minimum Gasteiger partial charge on any atom is -0.252 e. The van der Waals surface area contributed by atoms with Crippen LogP contribution in [0.5, 0.6) is 0 Å². The van der Waals surface area contributed by atoms with Crippen molar-refractivity contribution in [3.8, 4) is 5.69 Å². The van der Waals surface area contributed by atoms with Gasteiger partial charge in [0.15, 0.2) is 0 Å². The van der Waals surface area contributed by atoms with Gasteiger partial charge in [-0.3, -0.25) is 4.98 Å². The molecule has 0 aliphatic heterocycles. The van der Waals surface area contributed by atoms with E-state index < -0.39 is 11.9 Å². The maximum absolute atomic E-state index is 12.6. The summed E-state index contributed by atoms with van der Waals surface area (Å²) in [6.07, 6.45) is 2.62. The highest BCUT2D eigenvalue weighted by Gasteiger charge is 2.32. The van der Waals surface area contributed by atoms with E-state index in [1.807, 2.05) is 6.20 Å². The van der Waals surface area contributed by atoms with E-state index in [2.05, 4.69) is 10.1 Å². The van der Waals surface area contributed by atoms with Gasteiger partial charge in [-0.25, -0.2) is 4.68 Å². The Bertz CT molecular complexity index is 578. The molecular formula is C13H12F3N3. The summed E-state index contributed by atoms with van der Waals surface area (Å²) in [4.78, 5) is 3.35. The van der Waals surface area contributed by atoms with Crippen LogP contribution in [0.2, 0.25) is 0 Å². The second-order valence-electron chi connectivity index (χ2n) is 4.65. The molecule has 3 nitrogen and oxygen atoms in total. The highest BCUT2D eigenvalue weighted by Crippen LogP contribution is 2.29. The summed E-state index contributed by atoms with van der Waals surface area (Å²) >= 11 is 0. The number of halogens is 3. The Labute approximate surface area is 108 Å². The van der Waals surface area contributed by atoms with Gasteiger partial charge in [-0.2, -0.15) is 18.3 Å². The Morgan fingerprint density at radius 2 is 1.95 bits per heavy atom. The zero-order chi connectivity index (χ0) is 13.5. The third-order valence-corrected chi connectivity index (χ3v) is 3.29. The Balaban J connectivity index is 2.00. The highest BCUT2D eigenvalue weighted by atomic mass is 19.4. The molecule has 2 heterocycles. The quantitative estimate of drug-likeness (QED) is 0.794. The van der Waals surface area contributed by atoms with Crippen molar-refractivity contribution in [3.05, 3.63) is 41.5 Å². The van der Waals surface area contributed by atoms with Gasteiger partial charge in [0.05, 0.1) is 11.4 Å². The zero-order valence-corrected chi connectivity index (χ0v) is 10.1. The van der Waals surface area contributed by atoms with Crippen molar-refractivity contribution in [3.63, 3.8) is 0 Å². The molecule has 0 saturated heterocycles. The predicted octanol–water partition coefficient (Wildman–Crippen LogP) is 3.16. The van der Waals surface area contributed by atoms with Gasteiger partial charge in [-0.15, -0.1) is 0 Å². The first-order chi connectivity index (χ1) is 9.04. The van der Waals surface area contributed by atoms with Crippen LogP contribution in [0.1, 0.15) is 29.8 Å². The SMILES string of the molecule is FC(F)(F)c1cc(-n2cc3c(n2)CCCC3)ccn1. The summed E-state index contributed by atoms with van der Waals surface area (Å²) in [6.45, 7) is 0. The lowest BCUT2D eigenvalue weighted by atomic mass is 9.99. The van der Waals surface area contributed by atoms with E-state index in [1.54, 1.807) is 0 Å². The molecule has 100 valence electrons. The fourth-order valence-corrected chi connectivity index (χ4v) is 2.32. The van der Waals surface area contributed by atoms with Crippen LogP contribution in [-0.2, 0) is 19.0 Å². The van der Waals surface area contributed by atoms with Crippen molar-refractivity contribution in [2.75, 3.05) is 0 Å². The molecule has 0 aromatic carbocycles. The van der Waals surface area contributed by atoms with Crippen molar-refractivity contribution < 1.29 is 13.2 Å². The Morgan fingerprint density at radius 1 is 1.16 bits per heavy atom. The summed E-state index contributed by atoms with van der Waals surface area (Å²) < 4.78 is 39.4. The molecule has 6 heteroatoms. The van der Waals surface area contributed by atoms with Crippen LogP contribution in [0.15, 0.2) is 24.5 Å². The maximum Gasteiger partial charge on any atom is 0.433 e. The molecule has 0 atom stereocenters. The van der Waals surface area contributed by atoms with Gasteiger partial charge in [-0.05, 0) is 43.4 Å². The summed E-state index contributed by atoms with van der Waals surface area (Å²) in [7, 11) is 0. The van der Waals surface area contributed by atoms with E-state index in [-0.39, 0.29) is 0 Å². The molecule has 2 aromatic rings. The number of hydrogen-bond donors (Lipinski definition) is 0. The van der Waals surface area contributed by atoms with E-state index in [9.17, 15) is 13.2 Å². The average molecular weight is 267 g/mol. The summed E-state index contributed by atoms with van der Waals surface area (Å²) in [5, 5.41) is 4.37. The number of aromatic nitrogens is 3. The number of nitrogens with zero attached hydrogens (tertiary/aromatic N) is 3. The lowest BCUT2D eigenvalue weighted by Gasteiger charge is -2.07. The molecule has 0 fully saturated rings. The van der Waals surface area contributed by atoms with E-state index >= 15 is 0 Å². The highest BCUT2D eigenvalue weighted by molar-refractivity contribution is 5.34. The van der Waals surface area contributed by atoms with Crippen LogP contribution in [-0.4, -0.2) is 14.8 Å². The van der Waals surface area contributed by atoms with Gasteiger partial charge in [0.2, 0.25) is 0 Å². The fraction of sp³-hybridized carbons (Fsp3) is 0.385. The number of hydrogen-bond acceptors (Lipinski definition) is 2. The molecule has 0 spiro atoms. The second-order valence-corrected chi connectivity index (χ2v) is 4.65. The van der Waals surface area contributed by atoms with E-state index in [4.69, 9.17) is 0 Å². The first-order valence-electron chi connectivity index (χ1n) is 6.15. The van der Waals surface area contributed by atoms with Crippen LogP contribution in [0, 0.1) is 0 Å². The largest absolute Gasteiger partial charge is 0.433 e. The van der Waals surface area contributed by atoms with Crippen molar-refractivity contribution in [2.45, 2.75) is 31.9 Å². The number of pyridine rings is 1. The van der Waals surface area contributed by atoms with Gasteiger partial charge < -0.3 is 0 Å². The Kier molecular flexibility index (Phi) is 2.80. The lowest BCUT2D eigenvalue weighted by Crippen LogP contribution is -2.09. The third kappa shape index (κ3) is 2.34. The standard InChI is InChI=1S/C13H12F3N3/c14-13(15,16)12-7-10(5-6-17-12)19-8-9-3-1-2-4-11(9)18-19/h5-8H,1-4H2. The predicted molar refractivity (Wildman–Crippen MR) is 63.0 cm³/mol. The van der Waals surface area contributed by atoms with Gasteiger partial charge >= 0.3 is 6.18 Å². The molecule has 0 unspecified atom stereocenters. The number of aryl methyl sites for hydroxylation is 2. The summed E-state index contributed by atoms with van der Waals surface area (Å²) in [6, 6.07) is 2.56. The van der Waals surface area contributed by atoms with Crippen molar-refractivity contribution in [1.29, 1.82) is 0 Å². The molecule has 2 aromatic heterocycles. The molecule has 1 aliphatic carbocycles.